The van der Waals surface area contributed by atoms with Crippen LogP contribution in [0.25, 0.3) is 0 Å². The molecule has 0 spiro atoms. The summed E-state index contributed by atoms with van der Waals surface area (Å²) < 4.78 is 16.7. The Morgan fingerprint density at radius 3 is 1.21 bits per heavy atom. The molecule has 0 fully saturated rings. The first kappa shape index (κ1) is 57.6. The number of ether oxygens (including phenoxy) is 3. The first-order chi connectivity index (χ1) is 30.0. The van der Waals surface area contributed by atoms with Gasteiger partial charge in [0.05, 0.1) is 0 Å². The molecule has 0 aliphatic heterocycles. The van der Waals surface area contributed by atoms with Gasteiger partial charge in [0.1, 0.15) is 13.2 Å². The van der Waals surface area contributed by atoms with E-state index in [1.54, 1.807) is 0 Å². The van der Waals surface area contributed by atoms with Crippen LogP contribution in [-0.4, -0.2) is 37.2 Å². The van der Waals surface area contributed by atoms with Crippen LogP contribution in [0.1, 0.15) is 226 Å². The van der Waals surface area contributed by atoms with E-state index in [9.17, 15) is 14.4 Å². The number of allylic oxidation sites excluding steroid dienone is 14. The van der Waals surface area contributed by atoms with Gasteiger partial charge in [-0.15, -0.1) is 0 Å². The van der Waals surface area contributed by atoms with E-state index >= 15 is 0 Å². The zero-order valence-corrected chi connectivity index (χ0v) is 39.7. The number of carbonyl (C=O) groups excluding carboxylic acids is 3. The fraction of sp³-hybridized carbons (Fsp3) is 0.691. The second kappa shape index (κ2) is 49.2. The molecule has 6 heteroatoms. The minimum atomic E-state index is -0.814. The molecule has 0 amide bonds. The van der Waals surface area contributed by atoms with Crippen molar-refractivity contribution in [2.45, 2.75) is 232 Å². The normalized spacial score (nSPS) is 12.8. The molecule has 0 N–H and O–H groups in total. The molecule has 0 aliphatic rings. The van der Waals surface area contributed by atoms with Crippen LogP contribution < -0.4 is 0 Å². The summed E-state index contributed by atoms with van der Waals surface area (Å²) in [5.41, 5.74) is 0. The number of hydrogen-bond donors (Lipinski definition) is 0. The Labute approximate surface area is 375 Å². The van der Waals surface area contributed by atoms with Crippen LogP contribution >= 0.6 is 0 Å². The Hall–Kier alpha value is -3.41. The highest BCUT2D eigenvalue weighted by atomic mass is 16.6. The third-order valence-electron chi connectivity index (χ3n) is 10.4. The van der Waals surface area contributed by atoms with Crippen molar-refractivity contribution < 1.29 is 28.6 Å². The van der Waals surface area contributed by atoms with Crippen molar-refractivity contribution in [3.8, 4) is 0 Å². The van der Waals surface area contributed by atoms with Crippen LogP contribution in [-0.2, 0) is 28.6 Å². The minimum Gasteiger partial charge on any atom is -0.462 e. The topological polar surface area (TPSA) is 78.9 Å². The van der Waals surface area contributed by atoms with E-state index in [0.717, 1.165) is 83.5 Å². The summed E-state index contributed by atoms with van der Waals surface area (Å²) in [5, 5.41) is 0. The number of hydrogen-bond acceptors (Lipinski definition) is 6. The first-order valence-corrected chi connectivity index (χ1v) is 25.1. The Kier molecular flexibility index (Phi) is 46.5. The molecule has 1 atom stereocenters. The van der Waals surface area contributed by atoms with Gasteiger partial charge in [-0.25, -0.2) is 0 Å². The zero-order chi connectivity index (χ0) is 44.4. The van der Waals surface area contributed by atoms with E-state index in [2.05, 4.69) is 93.7 Å². The van der Waals surface area contributed by atoms with Crippen LogP contribution in [0.2, 0.25) is 0 Å². The van der Waals surface area contributed by atoms with Crippen molar-refractivity contribution in [2.24, 2.45) is 0 Å². The van der Waals surface area contributed by atoms with E-state index < -0.39 is 6.10 Å². The smallest absolute Gasteiger partial charge is 0.306 e. The lowest BCUT2D eigenvalue weighted by molar-refractivity contribution is -0.166. The summed E-state index contributed by atoms with van der Waals surface area (Å²) in [5.74, 6) is -1.02. The summed E-state index contributed by atoms with van der Waals surface area (Å²) in [6.45, 7) is 6.38. The fourth-order valence-electron chi connectivity index (χ4n) is 6.64. The van der Waals surface area contributed by atoms with Crippen molar-refractivity contribution in [2.75, 3.05) is 13.2 Å². The molecule has 61 heavy (non-hydrogen) atoms. The number of carbonyl (C=O) groups is 3. The van der Waals surface area contributed by atoms with Crippen LogP contribution in [0.15, 0.2) is 85.1 Å². The number of rotatable bonds is 44. The monoisotopic (exact) mass is 849 g/mol. The summed E-state index contributed by atoms with van der Waals surface area (Å²) in [6.07, 6.45) is 63.0. The van der Waals surface area contributed by atoms with Crippen LogP contribution in [0, 0.1) is 0 Å². The van der Waals surface area contributed by atoms with Gasteiger partial charge in [0.2, 0.25) is 0 Å². The summed E-state index contributed by atoms with van der Waals surface area (Å²) >= 11 is 0. The van der Waals surface area contributed by atoms with E-state index in [0.29, 0.717) is 19.3 Å². The highest BCUT2D eigenvalue weighted by Crippen LogP contribution is 2.15. The SMILES string of the molecule is CC/C=C\C/C=C\C/C=C\C/C=C\C/C=C\CCC(=O)OCC(COC(=O)CCCCC/C=C\C=C/CCCC)OC(=O)CCCCCCCCCCCCCCCCCC. The zero-order valence-electron chi connectivity index (χ0n) is 39.7. The average Bonchev–Trinajstić information content (AvgIpc) is 3.26. The number of esters is 3. The highest BCUT2D eigenvalue weighted by molar-refractivity contribution is 5.71. The fourth-order valence-corrected chi connectivity index (χ4v) is 6.64. The Morgan fingerprint density at radius 2 is 0.738 bits per heavy atom. The van der Waals surface area contributed by atoms with Gasteiger partial charge in [-0.2, -0.15) is 0 Å². The molecule has 0 heterocycles. The lowest BCUT2D eigenvalue weighted by Gasteiger charge is -2.18. The molecule has 0 radical (unpaired) electrons. The van der Waals surface area contributed by atoms with Crippen molar-refractivity contribution >= 4 is 17.9 Å². The van der Waals surface area contributed by atoms with Gasteiger partial charge in [0.15, 0.2) is 6.10 Å². The lowest BCUT2D eigenvalue weighted by Crippen LogP contribution is -2.30. The van der Waals surface area contributed by atoms with Crippen LogP contribution in [0.3, 0.4) is 0 Å². The van der Waals surface area contributed by atoms with Crippen molar-refractivity contribution in [3.63, 3.8) is 0 Å². The molecule has 0 aromatic carbocycles. The van der Waals surface area contributed by atoms with Crippen LogP contribution in [0.5, 0.6) is 0 Å². The summed E-state index contributed by atoms with van der Waals surface area (Å²) in [7, 11) is 0. The predicted molar refractivity (Wildman–Crippen MR) is 261 cm³/mol. The van der Waals surface area contributed by atoms with Gasteiger partial charge in [0, 0.05) is 19.3 Å². The highest BCUT2D eigenvalue weighted by Gasteiger charge is 2.19. The molecule has 1 unspecified atom stereocenters. The molecule has 0 bridgehead atoms. The van der Waals surface area contributed by atoms with Gasteiger partial charge in [-0.05, 0) is 70.6 Å². The number of unbranched alkanes of at least 4 members (excludes halogenated alkanes) is 20. The lowest BCUT2D eigenvalue weighted by atomic mass is 10.0. The van der Waals surface area contributed by atoms with Crippen LogP contribution in [0.4, 0.5) is 0 Å². The van der Waals surface area contributed by atoms with E-state index in [1.165, 1.54) is 96.3 Å². The standard InChI is InChI=1S/C55H92O6/c1-4-7-10-13-16-19-22-24-26-28-30-33-36-39-42-45-48-54(57)60-51-52(50-59-53(56)47-44-41-38-35-32-21-18-15-12-9-6-3)61-55(58)49-46-43-40-37-34-31-29-27-25-23-20-17-14-11-8-5-2/h7,10,15-16,18-19,21,24,26,30,32-33,39,42,52H,4-6,8-9,11-14,17,20,22-23,25,27-29,31,34-38,40-41,43-51H2,1-3H3/b10-7-,18-15-,19-16-,26-24-,32-21-,33-30-,42-39-. The molecule has 0 aromatic heterocycles. The Morgan fingerprint density at radius 1 is 0.361 bits per heavy atom. The molecule has 0 aromatic rings. The van der Waals surface area contributed by atoms with Gasteiger partial charge >= 0.3 is 17.9 Å². The average molecular weight is 849 g/mol. The quantitative estimate of drug-likeness (QED) is 0.0200. The van der Waals surface area contributed by atoms with E-state index in [4.69, 9.17) is 14.2 Å². The molecule has 0 saturated heterocycles. The third-order valence-corrected chi connectivity index (χ3v) is 10.4. The molecule has 0 saturated carbocycles. The predicted octanol–water partition coefficient (Wildman–Crippen LogP) is 16.4. The minimum absolute atomic E-state index is 0.112. The summed E-state index contributed by atoms with van der Waals surface area (Å²) in [6, 6.07) is 0. The van der Waals surface area contributed by atoms with Gasteiger partial charge < -0.3 is 14.2 Å². The third kappa shape index (κ3) is 47.5. The first-order valence-electron chi connectivity index (χ1n) is 25.1. The maximum absolute atomic E-state index is 12.8. The van der Waals surface area contributed by atoms with Crippen molar-refractivity contribution in [1.82, 2.24) is 0 Å². The Bertz CT molecular complexity index is 1200. The molecular weight excluding hydrogens is 757 g/mol. The Balaban J connectivity index is 4.49. The van der Waals surface area contributed by atoms with Crippen molar-refractivity contribution in [1.29, 1.82) is 0 Å². The van der Waals surface area contributed by atoms with Gasteiger partial charge in [-0.1, -0.05) is 221 Å². The van der Waals surface area contributed by atoms with Gasteiger partial charge in [-0.3, -0.25) is 14.4 Å². The van der Waals surface area contributed by atoms with E-state index in [-0.39, 0.29) is 37.5 Å². The second-order valence-electron chi connectivity index (χ2n) is 16.4. The largest absolute Gasteiger partial charge is 0.462 e. The van der Waals surface area contributed by atoms with Gasteiger partial charge in [0.25, 0.3) is 0 Å². The maximum atomic E-state index is 12.8. The summed E-state index contributed by atoms with van der Waals surface area (Å²) in [4.78, 5) is 37.9. The van der Waals surface area contributed by atoms with Crippen molar-refractivity contribution in [3.05, 3.63) is 85.1 Å². The second-order valence-corrected chi connectivity index (χ2v) is 16.4. The molecule has 348 valence electrons. The maximum Gasteiger partial charge on any atom is 0.306 e. The molecule has 0 rings (SSSR count). The molecule has 0 aliphatic carbocycles. The molecular formula is C55H92O6. The molecule has 6 nitrogen and oxygen atoms in total. The van der Waals surface area contributed by atoms with E-state index in [1.807, 2.05) is 12.2 Å².